The monoisotopic (exact) mass is 309 g/mol. The molecule has 2 fully saturated rings. The number of hydrogen-bond acceptors (Lipinski definition) is 3. The Labute approximate surface area is 120 Å². The standard InChI is InChI=1S/C13H18F3NO4/c14-13(15,16)7-17(6-8-2-1-3-8)11(18)9-4-5-10(21-9)12(19)20/h8-10H,1-7H2,(H,19,20)/t9-,10+/m0/s1. The zero-order valence-corrected chi connectivity index (χ0v) is 11.4. The van der Waals surface area contributed by atoms with Crippen LogP contribution in [0.15, 0.2) is 0 Å². The summed E-state index contributed by atoms with van der Waals surface area (Å²) in [6.45, 7) is -1.24. The number of aliphatic carboxylic acids is 1. The van der Waals surface area contributed by atoms with Gasteiger partial charge in [-0.15, -0.1) is 0 Å². The molecule has 0 aromatic heterocycles. The molecule has 0 radical (unpaired) electrons. The van der Waals surface area contributed by atoms with Gasteiger partial charge in [-0.1, -0.05) is 6.42 Å². The Morgan fingerprint density at radius 1 is 1.14 bits per heavy atom. The van der Waals surface area contributed by atoms with Gasteiger partial charge in [0, 0.05) is 6.54 Å². The van der Waals surface area contributed by atoms with Crippen molar-refractivity contribution < 1.29 is 32.6 Å². The van der Waals surface area contributed by atoms with Crippen LogP contribution in [0, 0.1) is 5.92 Å². The van der Waals surface area contributed by atoms with Gasteiger partial charge in [0.1, 0.15) is 12.6 Å². The summed E-state index contributed by atoms with van der Waals surface area (Å²) in [6.07, 6.45) is -3.73. The minimum atomic E-state index is -4.47. The van der Waals surface area contributed by atoms with Crippen molar-refractivity contribution in [1.29, 1.82) is 0 Å². The van der Waals surface area contributed by atoms with Crippen molar-refractivity contribution >= 4 is 11.9 Å². The fraction of sp³-hybridized carbons (Fsp3) is 0.846. The lowest BCUT2D eigenvalue weighted by atomic mass is 9.85. The molecule has 0 unspecified atom stereocenters. The van der Waals surface area contributed by atoms with E-state index in [1.165, 1.54) is 0 Å². The molecule has 0 aromatic carbocycles. The molecule has 1 heterocycles. The number of alkyl halides is 3. The molecule has 2 aliphatic rings. The van der Waals surface area contributed by atoms with E-state index in [-0.39, 0.29) is 25.3 Å². The van der Waals surface area contributed by atoms with Gasteiger partial charge in [-0.3, -0.25) is 4.79 Å². The van der Waals surface area contributed by atoms with Crippen molar-refractivity contribution in [3.05, 3.63) is 0 Å². The van der Waals surface area contributed by atoms with E-state index >= 15 is 0 Å². The average molecular weight is 309 g/mol. The van der Waals surface area contributed by atoms with Crippen LogP contribution in [0.5, 0.6) is 0 Å². The van der Waals surface area contributed by atoms with E-state index in [0.29, 0.717) is 0 Å². The summed E-state index contributed by atoms with van der Waals surface area (Å²) >= 11 is 0. The summed E-state index contributed by atoms with van der Waals surface area (Å²) in [7, 11) is 0. The third-order valence-corrected chi connectivity index (χ3v) is 3.96. The van der Waals surface area contributed by atoms with E-state index in [9.17, 15) is 22.8 Å². The first-order chi connectivity index (χ1) is 9.76. The first-order valence-corrected chi connectivity index (χ1v) is 7.00. The highest BCUT2D eigenvalue weighted by molar-refractivity contribution is 5.82. The van der Waals surface area contributed by atoms with Crippen molar-refractivity contribution in [2.24, 2.45) is 5.92 Å². The second-order valence-electron chi connectivity index (χ2n) is 5.66. The maximum Gasteiger partial charge on any atom is 0.406 e. The highest BCUT2D eigenvalue weighted by Gasteiger charge is 2.41. The fourth-order valence-corrected chi connectivity index (χ4v) is 2.64. The summed E-state index contributed by atoms with van der Waals surface area (Å²) in [4.78, 5) is 23.7. The van der Waals surface area contributed by atoms with Crippen molar-refractivity contribution in [1.82, 2.24) is 4.90 Å². The summed E-state index contributed by atoms with van der Waals surface area (Å²) in [6, 6.07) is 0. The van der Waals surface area contributed by atoms with Crippen molar-refractivity contribution in [3.8, 4) is 0 Å². The number of nitrogens with zero attached hydrogens (tertiary/aromatic N) is 1. The highest BCUT2D eigenvalue weighted by atomic mass is 19.4. The summed E-state index contributed by atoms with van der Waals surface area (Å²) in [5.41, 5.74) is 0. The topological polar surface area (TPSA) is 66.8 Å². The zero-order valence-electron chi connectivity index (χ0n) is 11.4. The Morgan fingerprint density at radius 2 is 1.76 bits per heavy atom. The average Bonchev–Trinajstić information content (AvgIpc) is 2.79. The SMILES string of the molecule is O=C(O)[C@H]1CC[C@@H](C(=O)N(CC2CCC2)CC(F)(F)F)O1. The van der Waals surface area contributed by atoms with Crippen LogP contribution in [0.2, 0.25) is 0 Å². The minimum Gasteiger partial charge on any atom is -0.479 e. The van der Waals surface area contributed by atoms with Gasteiger partial charge in [0.25, 0.3) is 5.91 Å². The molecule has 5 nitrogen and oxygen atoms in total. The fourth-order valence-electron chi connectivity index (χ4n) is 2.64. The van der Waals surface area contributed by atoms with E-state index in [0.717, 1.165) is 24.2 Å². The molecule has 1 amide bonds. The number of halogens is 3. The van der Waals surface area contributed by atoms with E-state index in [4.69, 9.17) is 9.84 Å². The van der Waals surface area contributed by atoms with E-state index < -0.39 is 36.8 Å². The number of ether oxygens (including phenoxy) is 1. The van der Waals surface area contributed by atoms with Crippen LogP contribution in [-0.4, -0.2) is 53.4 Å². The van der Waals surface area contributed by atoms with Gasteiger partial charge in [-0.2, -0.15) is 13.2 Å². The van der Waals surface area contributed by atoms with Crippen LogP contribution in [0.3, 0.4) is 0 Å². The number of rotatable bonds is 5. The molecule has 0 bridgehead atoms. The van der Waals surface area contributed by atoms with Crippen molar-refractivity contribution in [2.75, 3.05) is 13.1 Å². The van der Waals surface area contributed by atoms with Crippen LogP contribution < -0.4 is 0 Å². The molecule has 1 aliphatic heterocycles. The van der Waals surface area contributed by atoms with Crippen LogP contribution in [0.1, 0.15) is 32.1 Å². The molecule has 0 aromatic rings. The number of carbonyl (C=O) groups is 2. The van der Waals surface area contributed by atoms with Gasteiger partial charge in [0.05, 0.1) is 0 Å². The second kappa shape index (κ2) is 6.21. The van der Waals surface area contributed by atoms with Gasteiger partial charge in [-0.25, -0.2) is 4.79 Å². The smallest absolute Gasteiger partial charge is 0.406 e. The number of hydrogen-bond donors (Lipinski definition) is 1. The maximum absolute atomic E-state index is 12.6. The third kappa shape index (κ3) is 4.33. The summed E-state index contributed by atoms with van der Waals surface area (Å²) in [5.74, 6) is -1.83. The largest absolute Gasteiger partial charge is 0.479 e. The van der Waals surface area contributed by atoms with Crippen molar-refractivity contribution in [2.45, 2.75) is 50.5 Å². The molecule has 8 heteroatoms. The number of carbonyl (C=O) groups excluding carboxylic acids is 1. The highest BCUT2D eigenvalue weighted by Crippen LogP contribution is 2.30. The number of amides is 1. The molecule has 0 spiro atoms. The Hall–Kier alpha value is -1.31. The lowest BCUT2D eigenvalue weighted by Crippen LogP contribution is -2.47. The molecule has 1 saturated carbocycles. The van der Waals surface area contributed by atoms with Crippen LogP contribution >= 0.6 is 0 Å². The zero-order chi connectivity index (χ0) is 15.6. The Bertz CT molecular complexity index is 409. The number of carboxylic acid groups (broad SMARTS) is 1. The molecule has 1 saturated heterocycles. The van der Waals surface area contributed by atoms with Gasteiger partial charge >= 0.3 is 12.1 Å². The summed E-state index contributed by atoms with van der Waals surface area (Å²) in [5, 5.41) is 8.80. The summed E-state index contributed by atoms with van der Waals surface area (Å²) < 4.78 is 42.9. The first kappa shape index (κ1) is 16.1. The third-order valence-electron chi connectivity index (χ3n) is 3.96. The van der Waals surface area contributed by atoms with E-state index in [1.54, 1.807) is 0 Å². The molecule has 2 rings (SSSR count). The minimum absolute atomic E-state index is 0.0654. The van der Waals surface area contributed by atoms with Crippen LogP contribution in [-0.2, 0) is 14.3 Å². The van der Waals surface area contributed by atoms with Crippen LogP contribution in [0.25, 0.3) is 0 Å². The molecule has 1 aliphatic carbocycles. The molecule has 2 atom stereocenters. The lowest BCUT2D eigenvalue weighted by Gasteiger charge is -2.34. The molecule has 1 N–H and O–H groups in total. The molecular formula is C13H18F3NO4. The lowest BCUT2D eigenvalue weighted by molar-refractivity contribution is -0.171. The normalized spacial score (nSPS) is 26.4. The Kier molecular flexibility index (Phi) is 4.75. The Morgan fingerprint density at radius 3 is 2.19 bits per heavy atom. The maximum atomic E-state index is 12.6. The quantitative estimate of drug-likeness (QED) is 0.841. The van der Waals surface area contributed by atoms with E-state index in [2.05, 4.69) is 0 Å². The van der Waals surface area contributed by atoms with Gasteiger partial charge in [-0.05, 0) is 31.6 Å². The first-order valence-electron chi connectivity index (χ1n) is 7.00. The molecule has 21 heavy (non-hydrogen) atoms. The molecular weight excluding hydrogens is 291 g/mol. The van der Waals surface area contributed by atoms with E-state index in [1.807, 2.05) is 0 Å². The Balaban J connectivity index is 1.98. The van der Waals surface area contributed by atoms with Crippen LogP contribution in [0.4, 0.5) is 13.2 Å². The predicted molar refractivity (Wildman–Crippen MR) is 65.5 cm³/mol. The van der Waals surface area contributed by atoms with Gasteiger partial charge in [0.15, 0.2) is 6.10 Å². The molecule has 120 valence electrons. The van der Waals surface area contributed by atoms with Gasteiger partial charge in [0.2, 0.25) is 0 Å². The van der Waals surface area contributed by atoms with Gasteiger partial charge < -0.3 is 14.7 Å². The van der Waals surface area contributed by atoms with Crippen molar-refractivity contribution in [3.63, 3.8) is 0 Å². The predicted octanol–water partition coefficient (Wildman–Crippen LogP) is 1.81. The number of carboxylic acids is 1. The second-order valence-corrected chi connectivity index (χ2v) is 5.66.